The Bertz CT molecular complexity index is 577. The zero-order valence-electron chi connectivity index (χ0n) is 15.6. The number of nitrogens with zero attached hydrogens (tertiary/aromatic N) is 1. The van der Waals surface area contributed by atoms with Crippen LogP contribution in [-0.2, 0) is 4.79 Å². The molecule has 2 rings (SSSR count). The molecule has 5 heteroatoms. The average molecular weight is 346 g/mol. The summed E-state index contributed by atoms with van der Waals surface area (Å²) in [5.74, 6) is 1.03. The molecule has 0 bridgehead atoms. The summed E-state index contributed by atoms with van der Waals surface area (Å²) in [5, 5.41) is 0. The number of piperidine rings is 1. The second-order valence-corrected chi connectivity index (χ2v) is 6.85. The van der Waals surface area contributed by atoms with Gasteiger partial charge in [0.25, 0.3) is 0 Å². The topological polar surface area (TPSA) is 72.6 Å². The molecule has 1 amide bonds. The third-order valence-corrected chi connectivity index (χ3v) is 5.73. The maximum atomic E-state index is 12.9. The van der Waals surface area contributed by atoms with Crippen LogP contribution < -0.4 is 10.5 Å². The van der Waals surface area contributed by atoms with Crippen molar-refractivity contribution in [2.75, 3.05) is 26.7 Å². The van der Waals surface area contributed by atoms with Crippen molar-refractivity contribution in [3.05, 3.63) is 29.8 Å². The van der Waals surface area contributed by atoms with Crippen molar-refractivity contribution in [1.82, 2.24) is 4.90 Å². The third-order valence-electron chi connectivity index (χ3n) is 5.73. The molecule has 1 aromatic carbocycles. The van der Waals surface area contributed by atoms with E-state index in [2.05, 4.69) is 0 Å². The molecule has 0 radical (unpaired) electrons. The molecule has 0 spiro atoms. The van der Waals surface area contributed by atoms with Crippen LogP contribution in [0.5, 0.6) is 5.75 Å². The van der Waals surface area contributed by atoms with Crippen LogP contribution in [0.3, 0.4) is 0 Å². The predicted octanol–water partition coefficient (Wildman–Crippen LogP) is 2.88. The van der Waals surface area contributed by atoms with Crippen molar-refractivity contribution in [3.8, 4) is 5.75 Å². The average Bonchev–Trinajstić information content (AvgIpc) is 2.69. The Balaban J connectivity index is 1.98. The molecule has 0 atom stereocenters. The summed E-state index contributed by atoms with van der Waals surface area (Å²) in [4.78, 5) is 27.5. The van der Waals surface area contributed by atoms with Gasteiger partial charge in [-0.1, -0.05) is 13.8 Å². The number of carbonyl (C=O) groups is 2. The van der Waals surface area contributed by atoms with Crippen LogP contribution in [0, 0.1) is 11.3 Å². The van der Waals surface area contributed by atoms with Gasteiger partial charge in [-0.25, -0.2) is 0 Å². The first-order chi connectivity index (χ1) is 12.0. The molecule has 1 fully saturated rings. The van der Waals surface area contributed by atoms with E-state index >= 15 is 0 Å². The summed E-state index contributed by atoms with van der Waals surface area (Å²) in [6.45, 7) is 5.69. The van der Waals surface area contributed by atoms with Gasteiger partial charge in [0.2, 0.25) is 5.91 Å². The lowest BCUT2D eigenvalue weighted by atomic mass is 9.80. The fourth-order valence-electron chi connectivity index (χ4n) is 3.60. The molecular formula is C20H30N2O3. The minimum atomic E-state index is -0.452. The van der Waals surface area contributed by atoms with Crippen LogP contribution in [0.4, 0.5) is 0 Å². The van der Waals surface area contributed by atoms with E-state index in [4.69, 9.17) is 10.5 Å². The summed E-state index contributed by atoms with van der Waals surface area (Å²) < 4.78 is 5.13. The molecule has 1 saturated heterocycles. The number of hydrogen-bond acceptors (Lipinski definition) is 4. The lowest BCUT2D eigenvalue weighted by Crippen LogP contribution is -2.50. The second kappa shape index (κ2) is 8.48. The van der Waals surface area contributed by atoms with Crippen molar-refractivity contribution in [2.24, 2.45) is 17.1 Å². The number of nitrogens with two attached hydrogens (primary N) is 1. The highest BCUT2D eigenvalue weighted by Crippen LogP contribution is 2.31. The molecule has 1 heterocycles. The highest BCUT2D eigenvalue weighted by Gasteiger charge is 2.38. The monoisotopic (exact) mass is 346 g/mol. The van der Waals surface area contributed by atoms with Gasteiger partial charge in [0.05, 0.1) is 12.5 Å². The van der Waals surface area contributed by atoms with Crippen LogP contribution in [-0.4, -0.2) is 43.3 Å². The molecule has 5 nitrogen and oxygen atoms in total. The smallest absolute Gasteiger partial charge is 0.230 e. The molecule has 0 unspecified atom stereocenters. The maximum Gasteiger partial charge on any atom is 0.230 e. The summed E-state index contributed by atoms with van der Waals surface area (Å²) in [7, 11) is 1.61. The van der Waals surface area contributed by atoms with E-state index < -0.39 is 5.41 Å². The fourth-order valence-corrected chi connectivity index (χ4v) is 3.60. The number of Topliss-reactive ketones (excluding diaryl/α,β-unsaturated/α-hetero) is 1. The maximum absolute atomic E-state index is 12.9. The van der Waals surface area contributed by atoms with E-state index in [9.17, 15) is 9.59 Å². The fraction of sp³-hybridized carbons (Fsp3) is 0.600. The first-order valence-corrected chi connectivity index (χ1v) is 9.19. The van der Waals surface area contributed by atoms with Crippen LogP contribution in [0.25, 0.3) is 0 Å². The van der Waals surface area contributed by atoms with E-state index in [0.29, 0.717) is 38.0 Å². The number of likely N-dealkylation sites (tertiary alicyclic amines) is 1. The molecule has 2 N–H and O–H groups in total. The standard InChI is InChI=1S/C20H30N2O3/c1-4-20(5-2,14-21)19(24)22-12-10-16(11-13-22)18(23)15-6-8-17(25-3)9-7-15/h6-9,16H,4-5,10-14,21H2,1-3H3. The van der Waals surface area contributed by atoms with Crippen molar-refractivity contribution in [1.29, 1.82) is 0 Å². The van der Waals surface area contributed by atoms with E-state index in [0.717, 1.165) is 18.6 Å². The minimum absolute atomic E-state index is 0.0204. The van der Waals surface area contributed by atoms with Crippen molar-refractivity contribution in [2.45, 2.75) is 39.5 Å². The van der Waals surface area contributed by atoms with Crippen molar-refractivity contribution in [3.63, 3.8) is 0 Å². The highest BCUT2D eigenvalue weighted by atomic mass is 16.5. The molecule has 25 heavy (non-hydrogen) atoms. The lowest BCUT2D eigenvalue weighted by Gasteiger charge is -2.38. The molecule has 1 aliphatic rings. The zero-order valence-corrected chi connectivity index (χ0v) is 15.6. The van der Waals surface area contributed by atoms with Gasteiger partial charge in [0.15, 0.2) is 5.78 Å². The Hall–Kier alpha value is -1.88. The number of benzene rings is 1. The van der Waals surface area contributed by atoms with Crippen molar-refractivity contribution >= 4 is 11.7 Å². The summed E-state index contributed by atoms with van der Waals surface area (Å²) in [5.41, 5.74) is 6.16. The van der Waals surface area contributed by atoms with E-state index in [1.54, 1.807) is 7.11 Å². The summed E-state index contributed by atoms with van der Waals surface area (Å²) in [6.07, 6.45) is 2.93. The zero-order chi connectivity index (χ0) is 18.4. The Labute approximate surface area is 150 Å². The summed E-state index contributed by atoms with van der Waals surface area (Å²) in [6, 6.07) is 7.24. The van der Waals surface area contributed by atoms with E-state index in [-0.39, 0.29) is 17.6 Å². The summed E-state index contributed by atoms with van der Waals surface area (Å²) >= 11 is 0. The number of ether oxygens (including phenoxy) is 1. The van der Waals surface area contributed by atoms with Gasteiger partial charge in [0, 0.05) is 31.1 Å². The normalized spacial score (nSPS) is 15.9. The van der Waals surface area contributed by atoms with Gasteiger partial charge >= 0.3 is 0 Å². The molecule has 1 aromatic rings. The molecular weight excluding hydrogens is 316 g/mol. The molecule has 0 saturated carbocycles. The number of hydrogen-bond donors (Lipinski definition) is 1. The number of carbonyl (C=O) groups excluding carboxylic acids is 2. The highest BCUT2D eigenvalue weighted by molar-refractivity contribution is 5.98. The molecule has 138 valence electrons. The van der Waals surface area contributed by atoms with E-state index in [1.807, 2.05) is 43.0 Å². The SMILES string of the molecule is CCC(CC)(CN)C(=O)N1CCC(C(=O)c2ccc(OC)cc2)CC1. The molecule has 1 aliphatic heterocycles. The van der Waals surface area contributed by atoms with Crippen molar-refractivity contribution < 1.29 is 14.3 Å². The van der Waals surface area contributed by atoms with Gasteiger partial charge in [-0.2, -0.15) is 0 Å². The molecule has 0 aromatic heterocycles. The van der Waals surface area contributed by atoms with Gasteiger partial charge in [-0.05, 0) is 49.9 Å². The first kappa shape index (κ1) is 19.4. The Kier molecular flexibility index (Phi) is 6.59. The van der Waals surface area contributed by atoms with Gasteiger partial charge < -0.3 is 15.4 Å². The van der Waals surface area contributed by atoms with Gasteiger partial charge in [-0.3, -0.25) is 9.59 Å². The molecule has 0 aliphatic carbocycles. The quantitative estimate of drug-likeness (QED) is 0.771. The largest absolute Gasteiger partial charge is 0.497 e. The number of ketones is 1. The number of methoxy groups -OCH3 is 1. The minimum Gasteiger partial charge on any atom is -0.497 e. The first-order valence-electron chi connectivity index (χ1n) is 9.19. The van der Waals surface area contributed by atoms with Gasteiger partial charge in [0.1, 0.15) is 5.75 Å². The third kappa shape index (κ3) is 4.03. The van der Waals surface area contributed by atoms with Crippen LogP contribution in [0.1, 0.15) is 49.9 Å². The van der Waals surface area contributed by atoms with Crippen LogP contribution in [0.15, 0.2) is 24.3 Å². The lowest BCUT2D eigenvalue weighted by molar-refractivity contribution is -0.143. The second-order valence-electron chi connectivity index (χ2n) is 6.85. The number of amides is 1. The Morgan fingerprint density at radius 2 is 1.72 bits per heavy atom. The Morgan fingerprint density at radius 1 is 1.16 bits per heavy atom. The van der Waals surface area contributed by atoms with Crippen LogP contribution in [0.2, 0.25) is 0 Å². The Morgan fingerprint density at radius 3 is 2.16 bits per heavy atom. The number of rotatable bonds is 7. The van der Waals surface area contributed by atoms with E-state index in [1.165, 1.54) is 0 Å². The predicted molar refractivity (Wildman–Crippen MR) is 98.7 cm³/mol. The van der Waals surface area contributed by atoms with Crippen LogP contribution >= 0.6 is 0 Å². The van der Waals surface area contributed by atoms with Gasteiger partial charge in [-0.15, -0.1) is 0 Å².